The summed E-state index contributed by atoms with van der Waals surface area (Å²) in [5, 5.41) is 8.85. The van der Waals surface area contributed by atoms with Gasteiger partial charge in [0.1, 0.15) is 6.17 Å². The Balaban J connectivity index is 2.49. The van der Waals surface area contributed by atoms with Gasteiger partial charge < -0.3 is 9.84 Å². The molecular weight excluding hydrogens is 111 g/mol. The van der Waals surface area contributed by atoms with Crippen molar-refractivity contribution in [2.75, 3.05) is 13.2 Å². The number of alkyl halides is 1. The quantitative estimate of drug-likeness (QED) is 0.492. The van der Waals surface area contributed by atoms with Gasteiger partial charge in [0.2, 0.25) is 0 Å². The minimum absolute atomic E-state index is 0.0637. The van der Waals surface area contributed by atoms with Crippen LogP contribution in [0.2, 0.25) is 0 Å². The van der Waals surface area contributed by atoms with Crippen LogP contribution in [0.1, 0.15) is 7.79 Å². The molecule has 1 saturated heterocycles. The van der Waals surface area contributed by atoms with Crippen molar-refractivity contribution in [3.63, 3.8) is 0 Å². The van der Waals surface area contributed by atoms with Crippen molar-refractivity contribution in [1.29, 1.82) is 0 Å². The van der Waals surface area contributed by atoms with Crippen molar-refractivity contribution in [3.05, 3.63) is 0 Å². The van der Waals surface area contributed by atoms with Gasteiger partial charge in [-0.3, -0.25) is 0 Å². The molecule has 0 spiro atoms. The summed E-state index contributed by atoms with van der Waals surface area (Å²) >= 11 is 0. The van der Waals surface area contributed by atoms with Gasteiger partial charge in [-0.1, -0.05) is 0 Å². The van der Waals surface area contributed by atoms with E-state index in [0.717, 1.165) is 0 Å². The van der Waals surface area contributed by atoms with Crippen LogP contribution in [0, 0.1) is 0 Å². The summed E-state index contributed by atoms with van der Waals surface area (Å²) in [5.41, 5.74) is 0. The fraction of sp³-hybridized carbons (Fsp3) is 1.00. The van der Waals surface area contributed by atoms with E-state index in [1.165, 1.54) is 0 Å². The lowest BCUT2D eigenvalue weighted by molar-refractivity contribution is -0.0493. The van der Waals surface area contributed by atoms with Gasteiger partial charge in [-0.25, -0.2) is 4.39 Å². The first-order valence-electron chi connectivity index (χ1n) is 3.07. The highest BCUT2D eigenvalue weighted by Gasteiger charge is 2.22. The number of hydrogen-bond acceptors (Lipinski definition) is 2. The van der Waals surface area contributed by atoms with Gasteiger partial charge in [-0.2, -0.15) is 0 Å². The lowest BCUT2D eigenvalue weighted by Crippen LogP contribution is -2.32. The first-order chi connectivity index (χ1) is 4.13. The Morgan fingerprint density at radius 1 is 1.88 bits per heavy atom. The smallest absolute Gasteiger partial charge is 0.149 e. The van der Waals surface area contributed by atoms with E-state index in [2.05, 4.69) is 4.74 Å². The minimum Gasteiger partial charge on any atom is -0.390 e. The Hall–Kier alpha value is -0.150. The molecule has 0 saturated carbocycles. The van der Waals surface area contributed by atoms with Crippen LogP contribution in [0.5, 0.6) is 0 Å². The second-order valence-electron chi connectivity index (χ2n) is 1.78. The van der Waals surface area contributed by atoms with Gasteiger partial charge in [0.05, 0.1) is 14.1 Å². The molecule has 2 nitrogen and oxygen atoms in total. The molecule has 0 aromatic rings. The average molecular weight is 121 g/mol. The Morgan fingerprint density at radius 3 is 3.00 bits per heavy atom. The third kappa shape index (κ3) is 1.17. The molecule has 1 rings (SSSR count). The Kier molecular flexibility index (Phi) is 1.42. The van der Waals surface area contributed by atoms with E-state index < -0.39 is 12.3 Å². The van der Waals surface area contributed by atoms with Crippen molar-refractivity contribution in [2.45, 2.75) is 18.7 Å². The molecule has 2 atom stereocenters. The first kappa shape index (κ1) is 4.70. The zero-order valence-corrected chi connectivity index (χ0v) is 4.43. The summed E-state index contributed by atoms with van der Waals surface area (Å²) in [6.45, 7) is 0.125. The normalized spacial score (nSPS) is 50.8. The molecule has 1 N–H and O–H groups in total. The second-order valence-corrected chi connectivity index (χ2v) is 1.78. The van der Waals surface area contributed by atoms with E-state index in [1.54, 1.807) is 0 Å². The first-order valence-corrected chi connectivity index (χ1v) is 2.57. The van der Waals surface area contributed by atoms with Crippen LogP contribution in [0.3, 0.4) is 0 Å². The highest BCUT2D eigenvalue weighted by atomic mass is 19.1. The van der Waals surface area contributed by atoms with Crippen molar-refractivity contribution < 1.29 is 15.6 Å². The molecule has 0 aromatic carbocycles. The molecule has 1 heterocycles. The van der Waals surface area contributed by atoms with Crippen LogP contribution in [-0.2, 0) is 4.74 Å². The van der Waals surface area contributed by atoms with Crippen LogP contribution in [0.4, 0.5) is 4.39 Å². The zero-order valence-electron chi connectivity index (χ0n) is 5.43. The molecule has 0 radical (unpaired) electrons. The maximum absolute atomic E-state index is 12.4. The number of rotatable bonds is 0. The lowest BCUT2D eigenvalue weighted by Gasteiger charge is -2.20. The van der Waals surface area contributed by atoms with Gasteiger partial charge in [0.25, 0.3) is 0 Å². The van der Waals surface area contributed by atoms with E-state index in [1.807, 2.05) is 0 Å². The highest BCUT2D eigenvalue weighted by molar-refractivity contribution is 4.70. The van der Waals surface area contributed by atoms with Gasteiger partial charge in [0.15, 0.2) is 0 Å². The summed E-state index contributed by atoms with van der Waals surface area (Å²) in [5.74, 6) is 0. The summed E-state index contributed by atoms with van der Waals surface area (Å²) < 4.78 is 24.0. The molecule has 1 aliphatic rings. The number of aliphatic hydroxyl groups is 1. The van der Waals surface area contributed by atoms with E-state index in [4.69, 9.17) is 6.48 Å². The average Bonchev–Trinajstić information content (AvgIpc) is 1.77. The molecule has 1 aliphatic heterocycles. The fourth-order valence-electron chi connectivity index (χ4n) is 0.616. The molecule has 48 valence electrons. The fourth-order valence-corrected chi connectivity index (χ4v) is 0.616. The molecule has 8 heavy (non-hydrogen) atoms. The SMILES string of the molecule is [2H]C1(O)CCOCC1F. The topological polar surface area (TPSA) is 29.5 Å². The monoisotopic (exact) mass is 121 g/mol. The van der Waals surface area contributed by atoms with Crippen molar-refractivity contribution in [1.82, 2.24) is 0 Å². The van der Waals surface area contributed by atoms with Gasteiger partial charge in [0, 0.05) is 6.61 Å². The van der Waals surface area contributed by atoms with Crippen LogP contribution in [0.15, 0.2) is 0 Å². The van der Waals surface area contributed by atoms with Crippen LogP contribution in [0.25, 0.3) is 0 Å². The largest absolute Gasteiger partial charge is 0.390 e. The lowest BCUT2D eigenvalue weighted by atomic mass is 10.1. The molecule has 0 bridgehead atoms. The summed E-state index contributed by atoms with van der Waals surface area (Å²) in [6.07, 6.45) is -3.39. The number of hydrogen-bond donors (Lipinski definition) is 1. The zero-order chi connectivity index (χ0) is 6.91. The third-order valence-corrected chi connectivity index (χ3v) is 1.13. The van der Waals surface area contributed by atoms with Gasteiger partial charge in [-0.15, -0.1) is 0 Å². The van der Waals surface area contributed by atoms with E-state index in [0.29, 0.717) is 0 Å². The van der Waals surface area contributed by atoms with Crippen LogP contribution < -0.4 is 0 Å². The summed E-state index contributed by atoms with van der Waals surface area (Å²) in [7, 11) is 0. The van der Waals surface area contributed by atoms with Crippen LogP contribution in [-0.4, -0.2) is 30.6 Å². The Labute approximate surface area is 48.7 Å². The molecule has 0 aromatic heterocycles. The van der Waals surface area contributed by atoms with Crippen molar-refractivity contribution in [3.8, 4) is 0 Å². The molecular formula is C5H9FO2. The maximum Gasteiger partial charge on any atom is 0.149 e. The van der Waals surface area contributed by atoms with E-state index in [9.17, 15) is 4.39 Å². The maximum atomic E-state index is 12.4. The second kappa shape index (κ2) is 2.42. The molecule has 0 amide bonds. The molecule has 0 aliphatic carbocycles. The van der Waals surface area contributed by atoms with Crippen molar-refractivity contribution >= 4 is 0 Å². The number of ether oxygens (including phenoxy) is 1. The summed E-state index contributed by atoms with van der Waals surface area (Å²) in [6, 6.07) is 0. The van der Waals surface area contributed by atoms with E-state index in [-0.39, 0.29) is 19.6 Å². The Bertz CT molecular complexity index is 107. The summed E-state index contributed by atoms with van der Waals surface area (Å²) in [4.78, 5) is 0. The predicted molar refractivity (Wildman–Crippen MR) is 26.3 cm³/mol. The van der Waals surface area contributed by atoms with Crippen molar-refractivity contribution in [2.24, 2.45) is 0 Å². The minimum atomic E-state index is -1.90. The van der Waals surface area contributed by atoms with Gasteiger partial charge in [-0.05, 0) is 6.42 Å². The number of halogens is 1. The highest BCUT2D eigenvalue weighted by Crippen LogP contribution is 2.09. The van der Waals surface area contributed by atoms with Gasteiger partial charge >= 0.3 is 0 Å². The molecule has 1 fully saturated rings. The molecule has 2 unspecified atom stereocenters. The molecule has 3 heteroatoms. The Morgan fingerprint density at radius 2 is 2.62 bits per heavy atom. The standard InChI is InChI=1S/C5H9FO2/c6-4-3-8-2-1-5(4)7/h4-5,7H,1-3H2/i5D. The van der Waals surface area contributed by atoms with Crippen LogP contribution >= 0.6 is 0 Å². The predicted octanol–water partition coefficient (Wildman–Crippen LogP) is 0.106. The third-order valence-electron chi connectivity index (χ3n) is 1.13. The van der Waals surface area contributed by atoms with E-state index >= 15 is 0 Å².